The van der Waals surface area contributed by atoms with Crippen molar-refractivity contribution in [3.05, 3.63) is 41.7 Å². The first-order valence-electron chi connectivity index (χ1n) is 6.44. The Morgan fingerprint density at radius 3 is 2.43 bits per heavy atom. The van der Waals surface area contributed by atoms with Crippen LogP contribution in [0, 0.1) is 11.3 Å². The van der Waals surface area contributed by atoms with Crippen LogP contribution in [0.5, 0.6) is 0 Å². The Hall–Kier alpha value is -2.81. The summed E-state index contributed by atoms with van der Waals surface area (Å²) >= 11 is 0. The second-order valence-electron chi connectivity index (χ2n) is 5.59. The molecule has 21 heavy (non-hydrogen) atoms. The first-order chi connectivity index (χ1) is 9.88. The van der Waals surface area contributed by atoms with E-state index in [2.05, 4.69) is 15.8 Å². The molecular formula is C15H16N4O2. The molecule has 0 bridgehead atoms. The lowest BCUT2D eigenvalue weighted by atomic mass is 9.93. The molecule has 6 heteroatoms. The Morgan fingerprint density at radius 2 is 1.90 bits per heavy atom. The van der Waals surface area contributed by atoms with Crippen LogP contribution in [-0.2, 0) is 5.41 Å². The zero-order valence-corrected chi connectivity index (χ0v) is 12.1. The smallest absolute Gasteiger partial charge is 0.324 e. The van der Waals surface area contributed by atoms with Crippen LogP contribution in [0.2, 0.25) is 0 Å². The molecule has 1 aromatic heterocycles. The van der Waals surface area contributed by atoms with Gasteiger partial charge in [0.15, 0.2) is 5.82 Å². The van der Waals surface area contributed by atoms with E-state index >= 15 is 0 Å². The summed E-state index contributed by atoms with van der Waals surface area (Å²) in [5.74, 6) is 1.04. The van der Waals surface area contributed by atoms with Crippen LogP contribution in [0.15, 0.2) is 34.9 Å². The highest BCUT2D eigenvalue weighted by atomic mass is 16.5. The molecule has 0 aliphatic carbocycles. The van der Waals surface area contributed by atoms with Crippen molar-refractivity contribution in [1.29, 1.82) is 5.26 Å². The van der Waals surface area contributed by atoms with Crippen LogP contribution in [-0.4, -0.2) is 11.2 Å². The van der Waals surface area contributed by atoms with E-state index in [4.69, 9.17) is 9.78 Å². The van der Waals surface area contributed by atoms with Gasteiger partial charge in [-0.25, -0.2) is 4.79 Å². The molecule has 6 nitrogen and oxygen atoms in total. The van der Waals surface area contributed by atoms with Gasteiger partial charge in [-0.3, -0.25) is 5.32 Å². The van der Waals surface area contributed by atoms with Gasteiger partial charge < -0.3 is 9.84 Å². The predicted octanol–water partition coefficient (Wildman–Crippen LogP) is 3.49. The van der Waals surface area contributed by atoms with Crippen molar-refractivity contribution in [2.24, 2.45) is 0 Å². The van der Waals surface area contributed by atoms with E-state index in [0.29, 0.717) is 22.8 Å². The van der Waals surface area contributed by atoms with E-state index in [0.717, 1.165) is 0 Å². The SMILES string of the molecule is CC(C)(C)c1cc(NC(=O)Nc2ccc(C#N)cc2)no1. The Bertz CT molecular complexity index is 675. The summed E-state index contributed by atoms with van der Waals surface area (Å²) in [6.45, 7) is 5.98. The average molecular weight is 284 g/mol. The molecule has 1 aromatic carbocycles. The highest BCUT2D eigenvalue weighted by Crippen LogP contribution is 2.24. The lowest BCUT2D eigenvalue weighted by Gasteiger charge is -2.12. The average Bonchev–Trinajstić information content (AvgIpc) is 2.88. The van der Waals surface area contributed by atoms with Gasteiger partial charge >= 0.3 is 6.03 Å². The monoisotopic (exact) mass is 284 g/mol. The minimum atomic E-state index is -0.423. The number of amides is 2. The fourth-order valence-corrected chi connectivity index (χ4v) is 1.59. The molecule has 0 radical (unpaired) electrons. The van der Waals surface area contributed by atoms with Crippen molar-refractivity contribution in [2.45, 2.75) is 26.2 Å². The Labute approximate surface area is 122 Å². The highest BCUT2D eigenvalue weighted by molar-refractivity contribution is 5.99. The van der Waals surface area contributed by atoms with Crippen molar-refractivity contribution in [2.75, 3.05) is 10.6 Å². The third kappa shape index (κ3) is 3.83. The van der Waals surface area contributed by atoms with E-state index in [1.165, 1.54) is 0 Å². The van der Waals surface area contributed by atoms with Gasteiger partial charge in [0.2, 0.25) is 0 Å². The number of nitrogens with zero attached hydrogens (tertiary/aromatic N) is 2. The molecule has 0 saturated carbocycles. The van der Waals surface area contributed by atoms with Gasteiger partial charge in [-0.15, -0.1) is 0 Å². The summed E-state index contributed by atoms with van der Waals surface area (Å²) in [5, 5.41) is 17.7. The number of urea groups is 1. The fourth-order valence-electron chi connectivity index (χ4n) is 1.59. The van der Waals surface area contributed by atoms with Crippen LogP contribution in [0.1, 0.15) is 32.1 Å². The largest absolute Gasteiger partial charge is 0.359 e. The number of nitriles is 1. The number of nitrogens with one attached hydrogen (secondary N) is 2. The molecule has 2 amide bonds. The van der Waals surface area contributed by atoms with E-state index in [1.807, 2.05) is 26.8 Å². The molecule has 0 atom stereocenters. The molecule has 108 valence electrons. The zero-order chi connectivity index (χ0) is 15.5. The van der Waals surface area contributed by atoms with Gasteiger partial charge in [0, 0.05) is 17.2 Å². The van der Waals surface area contributed by atoms with Crippen molar-refractivity contribution in [3.8, 4) is 6.07 Å². The van der Waals surface area contributed by atoms with E-state index in [1.54, 1.807) is 30.3 Å². The molecular weight excluding hydrogens is 268 g/mol. The number of carbonyl (C=O) groups excluding carboxylic acids is 1. The van der Waals surface area contributed by atoms with Crippen LogP contribution in [0.25, 0.3) is 0 Å². The van der Waals surface area contributed by atoms with Crippen molar-refractivity contribution >= 4 is 17.5 Å². The third-order valence-electron chi connectivity index (χ3n) is 2.76. The number of rotatable bonds is 2. The van der Waals surface area contributed by atoms with E-state index in [9.17, 15) is 4.79 Å². The molecule has 0 spiro atoms. The number of anilines is 2. The van der Waals surface area contributed by atoms with Crippen LogP contribution in [0.3, 0.4) is 0 Å². The molecule has 2 aromatic rings. The molecule has 0 saturated heterocycles. The standard InChI is InChI=1S/C15H16N4O2/c1-15(2,3)12-8-13(19-21-12)18-14(20)17-11-6-4-10(9-16)5-7-11/h4-8H,1-3H3,(H2,17,18,19,20). The lowest BCUT2D eigenvalue weighted by Crippen LogP contribution is -2.19. The van der Waals surface area contributed by atoms with Gasteiger partial charge in [-0.2, -0.15) is 5.26 Å². The first kappa shape index (κ1) is 14.6. The van der Waals surface area contributed by atoms with Gasteiger partial charge in [-0.05, 0) is 24.3 Å². The Kier molecular flexibility index (Phi) is 3.94. The fraction of sp³-hybridized carbons (Fsp3) is 0.267. The molecule has 0 fully saturated rings. The normalized spacial score (nSPS) is 10.8. The van der Waals surface area contributed by atoms with Crippen LogP contribution < -0.4 is 10.6 Å². The molecule has 1 heterocycles. The second-order valence-corrected chi connectivity index (χ2v) is 5.59. The van der Waals surface area contributed by atoms with E-state index < -0.39 is 6.03 Å². The van der Waals surface area contributed by atoms with Crippen molar-refractivity contribution in [3.63, 3.8) is 0 Å². The van der Waals surface area contributed by atoms with Gasteiger partial charge in [0.1, 0.15) is 5.76 Å². The van der Waals surface area contributed by atoms with Gasteiger partial charge in [-0.1, -0.05) is 25.9 Å². The molecule has 0 aliphatic rings. The maximum absolute atomic E-state index is 11.8. The summed E-state index contributed by atoms with van der Waals surface area (Å²) in [6, 6.07) is 9.85. The zero-order valence-electron chi connectivity index (χ0n) is 12.1. The lowest BCUT2D eigenvalue weighted by molar-refractivity contribution is 0.262. The molecule has 2 rings (SSSR count). The molecule has 2 N–H and O–H groups in total. The number of aromatic nitrogens is 1. The summed E-state index contributed by atoms with van der Waals surface area (Å²) in [7, 11) is 0. The number of carbonyl (C=O) groups is 1. The maximum atomic E-state index is 11.8. The number of hydrogen-bond acceptors (Lipinski definition) is 4. The first-order valence-corrected chi connectivity index (χ1v) is 6.44. The maximum Gasteiger partial charge on any atom is 0.324 e. The van der Waals surface area contributed by atoms with Crippen LogP contribution in [0.4, 0.5) is 16.3 Å². The molecule has 0 unspecified atom stereocenters. The van der Waals surface area contributed by atoms with Crippen molar-refractivity contribution in [1.82, 2.24) is 5.16 Å². The van der Waals surface area contributed by atoms with Crippen LogP contribution >= 0.6 is 0 Å². The van der Waals surface area contributed by atoms with Crippen molar-refractivity contribution < 1.29 is 9.32 Å². The van der Waals surface area contributed by atoms with Gasteiger partial charge in [0.25, 0.3) is 0 Å². The second kappa shape index (κ2) is 5.67. The van der Waals surface area contributed by atoms with E-state index in [-0.39, 0.29) is 5.41 Å². The summed E-state index contributed by atoms with van der Waals surface area (Å²) in [4.78, 5) is 11.8. The highest BCUT2D eigenvalue weighted by Gasteiger charge is 2.20. The quantitative estimate of drug-likeness (QED) is 0.883. The minimum absolute atomic E-state index is 0.170. The topological polar surface area (TPSA) is 91.0 Å². The third-order valence-corrected chi connectivity index (χ3v) is 2.76. The Balaban J connectivity index is 1.98. The van der Waals surface area contributed by atoms with Gasteiger partial charge in [0.05, 0.1) is 11.6 Å². The Morgan fingerprint density at radius 1 is 1.24 bits per heavy atom. The summed E-state index contributed by atoms with van der Waals surface area (Å²) in [5.41, 5.74) is 0.953. The summed E-state index contributed by atoms with van der Waals surface area (Å²) < 4.78 is 5.18. The molecule has 0 aliphatic heterocycles. The summed E-state index contributed by atoms with van der Waals surface area (Å²) in [6.07, 6.45) is 0. The minimum Gasteiger partial charge on any atom is -0.359 e. The number of benzene rings is 1. The number of hydrogen-bond donors (Lipinski definition) is 2. The predicted molar refractivity (Wildman–Crippen MR) is 79.0 cm³/mol.